The number of amides is 1. The Balaban J connectivity index is 0.000000606. The van der Waals surface area contributed by atoms with E-state index in [4.69, 9.17) is 4.74 Å². The SMILES string of the molecule is CC.CC1=CCN(C(=O)C2CCOC2)CC1. The number of nitrogens with zero attached hydrogens (tertiary/aromatic N) is 1. The summed E-state index contributed by atoms with van der Waals surface area (Å²) in [4.78, 5) is 13.9. The zero-order chi connectivity index (χ0) is 12.0. The Bertz CT molecular complexity index is 255. The summed E-state index contributed by atoms with van der Waals surface area (Å²) in [5.74, 6) is 0.410. The van der Waals surface area contributed by atoms with Gasteiger partial charge in [0.05, 0.1) is 12.5 Å². The molecule has 0 aliphatic carbocycles. The second kappa shape index (κ2) is 6.69. The van der Waals surface area contributed by atoms with E-state index in [1.807, 2.05) is 18.7 Å². The molecular weight excluding hydrogens is 202 g/mol. The zero-order valence-electron chi connectivity index (χ0n) is 10.7. The lowest BCUT2D eigenvalue weighted by Crippen LogP contribution is -2.39. The first-order valence-corrected chi connectivity index (χ1v) is 6.29. The number of carbonyl (C=O) groups excluding carboxylic acids is 1. The van der Waals surface area contributed by atoms with Gasteiger partial charge in [0, 0.05) is 19.7 Å². The lowest BCUT2D eigenvalue weighted by Gasteiger charge is -2.27. The molecule has 2 rings (SSSR count). The number of hydrogen-bond donors (Lipinski definition) is 0. The van der Waals surface area contributed by atoms with Gasteiger partial charge in [0.15, 0.2) is 0 Å². The monoisotopic (exact) mass is 225 g/mol. The maximum atomic E-state index is 11.9. The maximum Gasteiger partial charge on any atom is 0.228 e. The second-order valence-electron chi connectivity index (χ2n) is 4.15. The molecule has 2 aliphatic heterocycles. The summed E-state index contributed by atoms with van der Waals surface area (Å²) >= 11 is 0. The van der Waals surface area contributed by atoms with Gasteiger partial charge in [-0.15, -0.1) is 0 Å². The van der Waals surface area contributed by atoms with Crippen LogP contribution >= 0.6 is 0 Å². The van der Waals surface area contributed by atoms with Crippen molar-refractivity contribution in [2.75, 3.05) is 26.3 Å². The Hall–Kier alpha value is -0.830. The third kappa shape index (κ3) is 3.34. The van der Waals surface area contributed by atoms with Gasteiger partial charge in [-0.3, -0.25) is 4.79 Å². The van der Waals surface area contributed by atoms with Gasteiger partial charge in [0.25, 0.3) is 0 Å². The number of ether oxygens (including phenoxy) is 1. The normalized spacial score (nSPS) is 24.6. The van der Waals surface area contributed by atoms with Crippen LogP contribution in [0.2, 0.25) is 0 Å². The first kappa shape index (κ1) is 13.2. The van der Waals surface area contributed by atoms with Gasteiger partial charge >= 0.3 is 0 Å². The van der Waals surface area contributed by atoms with Gasteiger partial charge < -0.3 is 9.64 Å². The standard InChI is InChI=1S/C11H17NO2.C2H6/c1-9-2-5-12(6-3-9)11(13)10-4-7-14-8-10;1-2/h2,10H,3-8H2,1H3;1-2H3. The summed E-state index contributed by atoms with van der Waals surface area (Å²) in [6.45, 7) is 9.18. The van der Waals surface area contributed by atoms with Crippen LogP contribution in [0, 0.1) is 5.92 Å². The van der Waals surface area contributed by atoms with E-state index in [0.29, 0.717) is 6.61 Å². The Labute approximate surface area is 98.5 Å². The van der Waals surface area contributed by atoms with E-state index in [1.54, 1.807) is 0 Å². The Morgan fingerprint density at radius 2 is 2.25 bits per heavy atom. The lowest BCUT2D eigenvalue weighted by atomic mass is 10.0. The van der Waals surface area contributed by atoms with Crippen LogP contribution in [-0.2, 0) is 9.53 Å². The molecule has 0 aromatic heterocycles. The predicted molar refractivity (Wildman–Crippen MR) is 65.2 cm³/mol. The lowest BCUT2D eigenvalue weighted by molar-refractivity contribution is -0.135. The van der Waals surface area contributed by atoms with E-state index in [9.17, 15) is 4.79 Å². The van der Waals surface area contributed by atoms with Crippen LogP contribution in [0.1, 0.15) is 33.6 Å². The Kier molecular flexibility index (Phi) is 5.53. The van der Waals surface area contributed by atoms with Crippen molar-refractivity contribution in [3.8, 4) is 0 Å². The summed E-state index contributed by atoms with van der Waals surface area (Å²) in [6.07, 6.45) is 4.08. The molecule has 1 amide bonds. The molecule has 3 nitrogen and oxygen atoms in total. The van der Waals surface area contributed by atoms with E-state index in [2.05, 4.69) is 13.0 Å². The third-order valence-electron chi connectivity index (χ3n) is 3.03. The van der Waals surface area contributed by atoms with Crippen molar-refractivity contribution in [2.45, 2.75) is 33.6 Å². The molecule has 0 spiro atoms. The fourth-order valence-electron chi connectivity index (χ4n) is 1.96. The molecule has 0 radical (unpaired) electrons. The molecule has 1 unspecified atom stereocenters. The Morgan fingerprint density at radius 1 is 1.50 bits per heavy atom. The highest BCUT2D eigenvalue weighted by Gasteiger charge is 2.28. The topological polar surface area (TPSA) is 29.5 Å². The average Bonchev–Trinajstić information content (AvgIpc) is 2.85. The number of carbonyl (C=O) groups is 1. The molecule has 92 valence electrons. The quantitative estimate of drug-likeness (QED) is 0.640. The molecule has 0 N–H and O–H groups in total. The van der Waals surface area contributed by atoms with E-state index in [0.717, 1.165) is 32.5 Å². The van der Waals surface area contributed by atoms with Gasteiger partial charge in [-0.25, -0.2) is 0 Å². The van der Waals surface area contributed by atoms with Gasteiger partial charge in [-0.05, 0) is 19.8 Å². The summed E-state index contributed by atoms with van der Waals surface area (Å²) < 4.78 is 5.23. The summed E-state index contributed by atoms with van der Waals surface area (Å²) in [6, 6.07) is 0. The Morgan fingerprint density at radius 3 is 2.75 bits per heavy atom. The van der Waals surface area contributed by atoms with Crippen LogP contribution < -0.4 is 0 Å². The zero-order valence-corrected chi connectivity index (χ0v) is 10.7. The predicted octanol–water partition coefficient (Wildman–Crippen LogP) is 2.23. The van der Waals surface area contributed by atoms with Crippen LogP contribution in [0.5, 0.6) is 0 Å². The van der Waals surface area contributed by atoms with Crippen molar-refractivity contribution in [2.24, 2.45) is 5.92 Å². The van der Waals surface area contributed by atoms with Gasteiger partial charge in [0.1, 0.15) is 0 Å². The third-order valence-corrected chi connectivity index (χ3v) is 3.03. The van der Waals surface area contributed by atoms with E-state index in [1.165, 1.54) is 5.57 Å². The molecule has 1 atom stereocenters. The molecule has 1 saturated heterocycles. The maximum absolute atomic E-state index is 11.9. The minimum Gasteiger partial charge on any atom is -0.381 e. The van der Waals surface area contributed by atoms with Crippen molar-refractivity contribution in [1.82, 2.24) is 4.90 Å². The number of rotatable bonds is 1. The first-order valence-electron chi connectivity index (χ1n) is 6.29. The molecule has 16 heavy (non-hydrogen) atoms. The molecule has 0 saturated carbocycles. The van der Waals surface area contributed by atoms with Crippen LogP contribution in [0.15, 0.2) is 11.6 Å². The molecule has 2 heterocycles. The van der Waals surface area contributed by atoms with E-state index < -0.39 is 0 Å². The van der Waals surface area contributed by atoms with Crippen molar-refractivity contribution < 1.29 is 9.53 Å². The van der Waals surface area contributed by atoms with Crippen LogP contribution in [-0.4, -0.2) is 37.1 Å². The molecule has 0 bridgehead atoms. The van der Waals surface area contributed by atoms with Crippen molar-refractivity contribution in [3.63, 3.8) is 0 Å². The minimum absolute atomic E-state index is 0.127. The highest BCUT2D eigenvalue weighted by molar-refractivity contribution is 5.79. The van der Waals surface area contributed by atoms with Crippen LogP contribution in [0.4, 0.5) is 0 Å². The van der Waals surface area contributed by atoms with Crippen LogP contribution in [0.3, 0.4) is 0 Å². The fraction of sp³-hybridized carbons (Fsp3) is 0.769. The van der Waals surface area contributed by atoms with Gasteiger partial charge in [-0.1, -0.05) is 25.5 Å². The molecule has 2 aliphatic rings. The largest absolute Gasteiger partial charge is 0.381 e. The molecule has 0 aromatic carbocycles. The highest BCUT2D eigenvalue weighted by atomic mass is 16.5. The van der Waals surface area contributed by atoms with Gasteiger partial charge in [-0.2, -0.15) is 0 Å². The molecular formula is C13H23NO2. The number of hydrogen-bond acceptors (Lipinski definition) is 2. The first-order chi connectivity index (χ1) is 7.77. The van der Waals surface area contributed by atoms with Crippen molar-refractivity contribution >= 4 is 5.91 Å². The summed E-state index contributed by atoms with van der Waals surface area (Å²) in [7, 11) is 0. The highest BCUT2D eigenvalue weighted by Crippen LogP contribution is 2.18. The van der Waals surface area contributed by atoms with Crippen molar-refractivity contribution in [1.29, 1.82) is 0 Å². The van der Waals surface area contributed by atoms with E-state index >= 15 is 0 Å². The second-order valence-corrected chi connectivity index (χ2v) is 4.15. The average molecular weight is 225 g/mol. The summed E-state index contributed by atoms with van der Waals surface area (Å²) in [5, 5.41) is 0. The molecule has 3 heteroatoms. The van der Waals surface area contributed by atoms with Crippen molar-refractivity contribution in [3.05, 3.63) is 11.6 Å². The minimum atomic E-state index is 0.127. The molecule has 1 fully saturated rings. The van der Waals surface area contributed by atoms with Crippen LogP contribution in [0.25, 0.3) is 0 Å². The smallest absolute Gasteiger partial charge is 0.228 e. The van der Waals surface area contributed by atoms with Gasteiger partial charge in [0.2, 0.25) is 5.91 Å². The van der Waals surface area contributed by atoms with E-state index in [-0.39, 0.29) is 11.8 Å². The summed E-state index contributed by atoms with van der Waals surface area (Å²) in [5.41, 5.74) is 1.40. The molecule has 0 aromatic rings. The fourth-order valence-corrected chi connectivity index (χ4v) is 1.96.